The smallest absolute Gasteiger partial charge is 0.450 e. The molecule has 39 heavy (non-hydrogen) atoms. The molecule has 0 spiro atoms. The van der Waals surface area contributed by atoms with Crippen molar-refractivity contribution in [2.75, 3.05) is 23.4 Å². The van der Waals surface area contributed by atoms with Gasteiger partial charge >= 0.3 is 12.2 Å². The molecular weight excluding hydrogens is 553 g/mol. The molecule has 1 fully saturated rings. The van der Waals surface area contributed by atoms with E-state index in [0.29, 0.717) is 16.3 Å². The quantitative estimate of drug-likeness (QED) is 0.356. The number of nitrogens with zero attached hydrogens (tertiary/aromatic N) is 1. The molecule has 0 bridgehead atoms. The number of hydrogen-bond donors (Lipinski definition) is 3. The lowest BCUT2D eigenvalue weighted by molar-refractivity contribution is -0.119. The second-order valence-corrected chi connectivity index (χ2v) is 11.2. The highest BCUT2D eigenvalue weighted by atomic mass is 35.5. The number of carbonyl (C=O) groups excluding carboxylic acids is 2. The van der Waals surface area contributed by atoms with Crippen molar-refractivity contribution in [2.45, 2.75) is 23.5 Å². The van der Waals surface area contributed by atoms with Gasteiger partial charge in [-0.2, -0.15) is 0 Å². The lowest BCUT2D eigenvalue weighted by Gasteiger charge is -2.24. The monoisotopic (exact) mass is 575 g/mol. The van der Waals surface area contributed by atoms with E-state index in [0.717, 1.165) is 17.2 Å². The lowest BCUT2D eigenvalue weighted by Crippen LogP contribution is -2.45. The number of urea groups is 1. The molecule has 4 rings (SSSR count). The Morgan fingerprint density at radius 2 is 1.74 bits per heavy atom. The first-order valence-electron chi connectivity index (χ1n) is 11.5. The van der Waals surface area contributed by atoms with Gasteiger partial charge < -0.3 is 25.4 Å². The highest BCUT2D eigenvalue weighted by molar-refractivity contribution is 7.90. The summed E-state index contributed by atoms with van der Waals surface area (Å²) in [6.45, 7) is -0.201. The first kappa shape index (κ1) is 27.9. The Morgan fingerprint density at radius 3 is 2.38 bits per heavy atom. The van der Waals surface area contributed by atoms with Crippen LogP contribution < -0.4 is 10.6 Å². The van der Waals surface area contributed by atoms with Crippen LogP contribution >= 0.6 is 11.6 Å². The van der Waals surface area contributed by atoms with Crippen molar-refractivity contribution in [2.24, 2.45) is 0 Å². The van der Waals surface area contributed by atoms with E-state index in [4.69, 9.17) is 21.4 Å². The SMILES string of the molecule is CS(=O)(=O)c1ccccc1-c1ccc(NC(=O)C2CC(OC(=O)O)CN2C(=O)Nc2ccc(Cl)cc2)c(F)c1. The van der Waals surface area contributed by atoms with Crippen LogP contribution in [0, 0.1) is 5.82 Å². The van der Waals surface area contributed by atoms with E-state index in [1.54, 1.807) is 42.5 Å². The van der Waals surface area contributed by atoms with Crippen LogP contribution in [0.3, 0.4) is 0 Å². The van der Waals surface area contributed by atoms with Crippen molar-refractivity contribution in [3.05, 3.63) is 77.6 Å². The Bertz CT molecular complexity index is 1530. The largest absolute Gasteiger partial charge is 0.506 e. The van der Waals surface area contributed by atoms with Gasteiger partial charge in [-0.1, -0.05) is 35.9 Å². The molecule has 1 saturated heterocycles. The van der Waals surface area contributed by atoms with E-state index in [-0.39, 0.29) is 29.1 Å². The molecule has 0 saturated carbocycles. The van der Waals surface area contributed by atoms with Gasteiger partial charge in [-0.25, -0.2) is 22.4 Å². The summed E-state index contributed by atoms with van der Waals surface area (Å²) in [5.41, 5.74) is 0.765. The Balaban J connectivity index is 1.55. The maximum Gasteiger partial charge on any atom is 0.506 e. The molecule has 2 unspecified atom stereocenters. The summed E-state index contributed by atoms with van der Waals surface area (Å²) < 4.78 is 44.1. The van der Waals surface area contributed by atoms with E-state index < -0.39 is 45.9 Å². The first-order valence-corrected chi connectivity index (χ1v) is 13.8. The van der Waals surface area contributed by atoms with E-state index >= 15 is 4.39 Å². The van der Waals surface area contributed by atoms with Crippen LogP contribution in [0.1, 0.15) is 6.42 Å². The third-order valence-corrected chi connectivity index (χ3v) is 7.42. The number of hydrogen-bond acceptors (Lipinski definition) is 6. The van der Waals surface area contributed by atoms with Gasteiger partial charge in [0.05, 0.1) is 17.1 Å². The molecule has 0 aromatic heterocycles. The van der Waals surface area contributed by atoms with Gasteiger partial charge in [0.25, 0.3) is 0 Å². The van der Waals surface area contributed by atoms with Gasteiger partial charge in [0.15, 0.2) is 9.84 Å². The van der Waals surface area contributed by atoms with Crippen molar-refractivity contribution in [3.8, 4) is 11.1 Å². The number of amides is 3. The highest BCUT2D eigenvalue weighted by Crippen LogP contribution is 2.30. The molecule has 10 nitrogen and oxygen atoms in total. The molecule has 0 radical (unpaired) electrons. The normalized spacial score (nSPS) is 16.9. The second-order valence-electron chi connectivity index (χ2n) is 8.80. The summed E-state index contributed by atoms with van der Waals surface area (Å²) in [4.78, 5) is 38.3. The molecule has 2 atom stereocenters. The van der Waals surface area contributed by atoms with E-state index in [2.05, 4.69) is 10.6 Å². The molecule has 3 aromatic carbocycles. The standard InChI is InChI=1S/C26H23ClFN3O7S/c1-39(36,37)23-5-3-2-4-19(23)15-6-11-21(20(28)12-15)30-24(32)22-13-18(38-26(34)35)14-31(22)25(33)29-17-9-7-16(27)8-10-17/h2-12,18,22H,13-14H2,1H3,(H,29,33)(H,30,32)(H,34,35). The zero-order valence-electron chi connectivity index (χ0n) is 20.4. The zero-order valence-corrected chi connectivity index (χ0v) is 22.0. The van der Waals surface area contributed by atoms with Crippen LogP contribution in [-0.4, -0.2) is 61.5 Å². The van der Waals surface area contributed by atoms with Crippen molar-refractivity contribution in [1.82, 2.24) is 4.90 Å². The molecular formula is C26H23ClFN3O7S. The van der Waals surface area contributed by atoms with Gasteiger partial charge in [0.2, 0.25) is 5.91 Å². The molecule has 1 aliphatic rings. The van der Waals surface area contributed by atoms with Crippen LogP contribution in [0.15, 0.2) is 71.6 Å². The number of benzene rings is 3. The summed E-state index contributed by atoms with van der Waals surface area (Å²) in [7, 11) is -3.58. The molecule has 1 aliphatic heterocycles. The Morgan fingerprint density at radius 1 is 1.05 bits per heavy atom. The molecule has 13 heteroatoms. The van der Waals surface area contributed by atoms with Gasteiger partial charge in [0.1, 0.15) is 18.0 Å². The molecule has 0 aliphatic carbocycles. The second kappa shape index (κ2) is 11.3. The molecule has 1 heterocycles. The zero-order chi connectivity index (χ0) is 28.3. The number of sulfone groups is 1. The number of carbonyl (C=O) groups is 3. The predicted octanol–water partition coefficient (Wildman–Crippen LogP) is 4.86. The fourth-order valence-corrected chi connectivity index (χ4v) is 5.29. The van der Waals surface area contributed by atoms with Crippen LogP contribution in [0.5, 0.6) is 0 Å². The minimum absolute atomic E-state index is 0.0268. The van der Waals surface area contributed by atoms with Crippen molar-refractivity contribution >= 4 is 50.9 Å². The van der Waals surface area contributed by atoms with Crippen LogP contribution in [0.2, 0.25) is 5.02 Å². The number of likely N-dealkylation sites (tertiary alicyclic amines) is 1. The van der Waals surface area contributed by atoms with Crippen molar-refractivity contribution in [1.29, 1.82) is 0 Å². The minimum Gasteiger partial charge on any atom is -0.450 e. The fourth-order valence-electron chi connectivity index (χ4n) is 4.26. The summed E-state index contributed by atoms with van der Waals surface area (Å²) in [5, 5.41) is 14.5. The Kier molecular flexibility index (Phi) is 8.07. The van der Waals surface area contributed by atoms with E-state index in [1.165, 1.54) is 18.2 Å². The summed E-state index contributed by atoms with van der Waals surface area (Å²) in [5.74, 6) is -1.60. The van der Waals surface area contributed by atoms with Gasteiger partial charge in [-0.3, -0.25) is 4.79 Å². The first-order chi connectivity index (χ1) is 18.4. The van der Waals surface area contributed by atoms with E-state index in [9.17, 15) is 22.8 Å². The topological polar surface area (TPSA) is 142 Å². The summed E-state index contributed by atoms with van der Waals surface area (Å²) in [6.07, 6.45) is -1.63. The van der Waals surface area contributed by atoms with E-state index in [1.807, 2.05) is 0 Å². The average Bonchev–Trinajstić information content (AvgIpc) is 3.29. The molecule has 204 valence electrons. The number of carboxylic acid groups (broad SMARTS) is 1. The van der Waals surface area contributed by atoms with Gasteiger partial charge in [-0.05, 0) is 48.0 Å². The molecule has 3 amide bonds. The minimum atomic E-state index is -3.58. The van der Waals surface area contributed by atoms with Crippen molar-refractivity contribution < 1.29 is 37.0 Å². The third kappa shape index (κ3) is 6.65. The maximum absolute atomic E-state index is 15.1. The highest BCUT2D eigenvalue weighted by Gasteiger charge is 2.41. The van der Waals surface area contributed by atoms with Crippen molar-refractivity contribution in [3.63, 3.8) is 0 Å². The van der Waals surface area contributed by atoms with Gasteiger partial charge in [-0.15, -0.1) is 0 Å². The predicted molar refractivity (Wildman–Crippen MR) is 142 cm³/mol. The summed E-state index contributed by atoms with van der Waals surface area (Å²) >= 11 is 5.86. The maximum atomic E-state index is 15.1. The van der Waals surface area contributed by atoms with Crippen LogP contribution in [0.4, 0.5) is 25.4 Å². The number of halogens is 2. The van der Waals surface area contributed by atoms with Crippen LogP contribution in [0.25, 0.3) is 11.1 Å². The number of anilines is 2. The third-order valence-electron chi connectivity index (χ3n) is 6.01. The number of nitrogens with one attached hydrogen (secondary N) is 2. The van der Waals surface area contributed by atoms with Crippen LogP contribution in [-0.2, 0) is 19.4 Å². The average molecular weight is 576 g/mol. The summed E-state index contributed by atoms with van der Waals surface area (Å²) in [6, 6.07) is 14.3. The Labute approximate surface area is 228 Å². The number of rotatable bonds is 6. The molecule has 3 N–H and O–H groups in total. The molecule has 3 aromatic rings. The fraction of sp³-hybridized carbons (Fsp3) is 0.192. The Hall–Kier alpha value is -4.16. The lowest BCUT2D eigenvalue weighted by atomic mass is 10.0. The van der Waals surface area contributed by atoms with Gasteiger partial charge in [0, 0.05) is 29.0 Å². The number of ether oxygens (including phenoxy) is 1.